The smallest absolute Gasteiger partial charge is 0.408 e. The summed E-state index contributed by atoms with van der Waals surface area (Å²) in [5.74, 6) is -4.46. The molecule has 0 bridgehead atoms. The van der Waals surface area contributed by atoms with Crippen LogP contribution in [0.1, 0.15) is 71.8 Å². The van der Waals surface area contributed by atoms with Crippen molar-refractivity contribution in [3.8, 4) is 17.1 Å². The number of rotatable bonds is 14. The second kappa shape index (κ2) is 15.5. The topological polar surface area (TPSA) is 201 Å². The van der Waals surface area contributed by atoms with Crippen LogP contribution in [0.4, 0.5) is 9.18 Å². The molecule has 2 aromatic carbocycles. The van der Waals surface area contributed by atoms with Crippen LogP contribution in [0.2, 0.25) is 0 Å². The molecule has 17 heteroatoms. The van der Waals surface area contributed by atoms with Gasteiger partial charge < -0.3 is 20.1 Å². The van der Waals surface area contributed by atoms with E-state index >= 15 is 0 Å². The normalized spacial score (nSPS) is 24.2. The van der Waals surface area contributed by atoms with Gasteiger partial charge in [-0.3, -0.25) is 14.4 Å². The minimum absolute atomic E-state index is 0.0649. The number of hydrogen-bond acceptors (Lipinski definition) is 11. The summed E-state index contributed by atoms with van der Waals surface area (Å²) in [5, 5.41) is 18.6. The van der Waals surface area contributed by atoms with Gasteiger partial charge in [0.2, 0.25) is 11.7 Å². The molecule has 6 rings (SSSR count). The summed E-state index contributed by atoms with van der Waals surface area (Å²) in [4.78, 5) is 56.7. The summed E-state index contributed by atoms with van der Waals surface area (Å²) in [7, 11) is -2.96. The third-order valence-corrected chi connectivity index (χ3v) is 12.1. The van der Waals surface area contributed by atoms with Crippen LogP contribution < -0.4 is 20.1 Å². The third-order valence-electron chi connectivity index (χ3n) is 10.7. The number of ketones is 1. The third kappa shape index (κ3) is 8.56. The Labute approximate surface area is 318 Å². The van der Waals surface area contributed by atoms with Crippen LogP contribution in [0.3, 0.4) is 0 Å². The molecule has 0 saturated heterocycles. The predicted octanol–water partition coefficient (Wildman–Crippen LogP) is 4.27. The van der Waals surface area contributed by atoms with E-state index < -0.39 is 85.2 Å². The van der Waals surface area contributed by atoms with Gasteiger partial charge in [0.15, 0.2) is 5.78 Å². The number of tetrazole rings is 1. The number of nitrogens with zero attached hydrogens (tertiary/aromatic N) is 4. The molecule has 3 aliphatic carbocycles. The van der Waals surface area contributed by atoms with Crippen LogP contribution in [0.25, 0.3) is 11.4 Å². The first-order valence-corrected chi connectivity index (χ1v) is 19.7. The van der Waals surface area contributed by atoms with Gasteiger partial charge in [0, 0.05) is 17.4 Å². The van der Waals surface area contributed by atoms with E-state index in [0.717, 1.165) is 37.5 Å². The zero-order chi connectivity index (χ0) is 39.7. The number of carbonyl (C=O) groups is 4. The van der Waals surface area contributed by atoms with Gasteiger partial charge in [-0.05, 0) is 104 Å². The highest BCUT2D eigenvalue weighted by atomic mass is 32.2. The largest absolute Gasteiger partial charge is 0.497 e. The Hall–Kier alpha value is -5.19. The van der Waals surface area contributed by atoms with Crippen LogP contribution in [0.5, 0.6) is 5.75 Å². The summed E-state index contributed by atoms with van der Waals surface area (Å²) >= 11 is 0. The number of carbonyl (C=O) groups excluding carboxylic acids is 4. The standard InChI is InChI=1S/C38H46FN7O8S/c1-6-9-23-21-38(23,35(49)44-55(51,52)28-13-7-10-24(39)18-28)41-34(48)30-20-25(46-43-33(42-45-46)22-14-16-26(53-5)17-15-22)19-29(30)31(47)32(37(2,3)4)40-36(50)54-27-11-8-12-27/h6-7,10,13-18,23,25,27,29-30,32H,1,8-9,11-12,19-21H2,2-5H3,(H,40,50)(H,41,48)(H,44,49)/t23-,25+,29?,30-,32?,38+/m1/s1. The summed E-state index contributed by atoms with van der Waals surface area (Å²) in [5.41, 5.74) is -1.78. The Morgan fingerprint density at radius 3 is 2.42 bits per heavy atom. The van der Waals surface area contributed by atoms with Crippen molar-refractivity contribution in [1.82, 2.24) is 35.6 Å². The van der Waals surface area contributed by atoms with Crippen LogP contribution in [-0.2, 0) is 29.1 Å². The summed E-state index contributed by atoms with van der Waals surface area (Å²) in [6.45, 7) is 9.12. The number of Topliss-reactive ketones (excluding diaryl/α,β-unsaturated/α-hetero) is 1. The Balaban J connectivity index is 1.28. The first-order chi connectivity index (χ1) is 26.0. The number of allylic oxidation sites excluding steroid dienone is 1. The number of sulfonamides is 1. The highest BCUT2D eigenvalue weighted by Crippen LogP contribution is 2.48. The lowest BCUT2D eigenvalue weighted by Gasteiger charge is -2.34. The van der Waals surface area contributed by atoms with Crippen molar-refractivity contribution in [2.75, 3.05) is 7.11 Å². The van der Waals surface area contributed by atoms with Crippen LogP contribution in [0.15, 0.2) is 66.1 Å². The average Bonchev–Trinajstić information content (AvgIpc) is 3.43. The van der Waals surface area contributed by atoms with Crippen molar-refractivity contribution in [3.05, 3.63) is 67.0 Å². The predicted molar refractivity (Wildman–Crippen MR) is 196 cm³/mol. The van der Waals surface area contributed by atoms with Gasteiger partial charge in [0.05, 0.1) is 24.1 Å². The molecule has 15 nitrogen and oxygen atoms in total. The maximum Gasteiger partial charge on any atom is 0.408 e. The van der Waals surface area contributed by atoms with Gasteiger partial charge in [0.25, 0.3) is 15.9 Å². The fourth-order valence-corrected chi connectivity index (χ4v) is 8.35. The van der Waals surface area contributed by atoms with Crippen LogP contribution in [0, 0.1) is 29.0 Å². The molecule has 3 aliphatic rings. The SMILES string of the molecule is C=CC[C@@H]1C[C@@]1(NC(=O)[C@@H]1C[C@@H](n2nnc(-c3ccc(OC)cc3)n2)CC1C(=O)C(NC(=O)OC1CCC1)C(C)(C)C)C(=O)NS(=O)(=O)c1cccc(F)c1. The number of hydrogen-bond donors (Lipinski definition) is 3. The monoisotopic (exact) mass is 779 g/mol. The van der Waals surface area contributed by atoms with Gasteiger partial charge in [-0.1, -0.05) is 32.9 Å². The molecule has 3 N–H and O–H groups in total. The zero-order valence-electron chi connectivity index (χ0n) is 31.2. The van der Waals surface area contributed by atoms with Crippen LogP contribution in [-0.4, -0.2) is 77.1 Å². The Bertz CT molecular complexity index is 2060. The Kier molecular flexibility index (Phi) is 11.1. The summed E-state index contributed by atoms with van der Waals surface area (Å²) in [6, 6.07) is 9.61. The number of nitrogens with one attached hydrogen (secondary N) is 3. The highest BCUT2D eigenvalue weighted by Gasteiger charge is 2.62. The fourth-order valence-electron chi connectivity index (χ4n) is 7.28. The van der Waals surface area contributed by atoms with Crippen molar-refractivity contribution < 1.29 is 41.5 Å². The molecule has 1 aromatic heterocycles. The Morgan fingerprint density at radius 1 is 1.09 bits per heavy atom. The maximum absolute atomic E-state index is 14.6. The minimum Gasteiger partial charge on any atom is -0.497 e. The molecule has 3 aromatic rings. The number of ether oxygens (including phenoxy) is 2. The molecule has 6 atom stereocenters. The van der Waals surface area contributed by atoms with Gasteiger partial charge >= 0.3 is 6.09 Å². The van der Waals surface area contributed by atoms with E-state index in [-0.39, 0.29) is 31.8 Å². The molecule has 294 valence electrons. The fraction of sp³-hybridized carbons (Fsp3) is 0.500. The first kappa shape index (κ1) is 39.5. The molecular formula is C38H46FN7O8S. The number of methoxy groups -OCH3 is 1. The molecule has 0 radical (unpaired) electrons. The number of halogens is 1. The van der Waals surface area contributed by atoms with E-state index in [1.54, 1.807) is 58.2 Å². The quantitative estimate of drug-likeness (QED) is 0.197. The van der Waals surface area contributed by atoms with E-state index in [2.05, 4.69) is 32.6 Å². The molecule has 0 aliphatic heterocycles. The lowest BCUT2D eigenvalue weighted by molar-refractivity contribution is -0.137. The second-order valence-corrected chi connectivity index (χ2v) is 17.3. The lowest BCUT2D eigenvalue weighted by atomic mass is 9.77. The first-order valence-electron chi connectivity index (χ1n) is 18.2. The number of benzene rings is 2. The lowest BCUT2D eigenvalue weighted by Crippen LogP contribution is -2.55. The van der Waals surface area contributed by atoms with E-state index in [1.165, 1.54) is 10.9 Å². The summed E-state index contributed by atoms with van der Waals surface area (Å²) in [6.07, 6.45) is 3.57. The maximum atomic E-state index is 14.6. The molecule has 0 spiro atoms. The van der Waals surface area contributed by atoms with E-state index in [9.17, 15) is 32.0 Å². The number of alkyl carbamates (subject to hydrolysis) is 1. The van der Waals surface area contributed by atoms with Gasteiger partial charge in [0.1, 0.15) is 23.2 Å². The average molecular weight is 780 g/mol. The van der Waals surface area contributed by atoms with Crippen molar-refractivity contribution in [2.24, 2.45) is 23.2 Å². The molecule has 3 amide bonds. The minimum atomic E-state index is -4.51. The number of amides is 3. The van der Waals surface area contributed by atoms with Crippen molar-refractivity contribution >= 4 is 33.7 Å². The van der Waals surface area contributed by atoms with Crippen LogP contribution >= 0.6 is 0 Å². The molecule has 3 fully saturated rings. The van der Waals surface area contributed by atoms with E-state index in [0.29, 0.717) is 17.1 Å². The zero-order valence-corrected chi connectivity index (χ0v) is 32.0. The number of aromatic nitrogens is 4. The van der Waals surface area contributed by atoms with Crippen molar-refractivity contribution in [3.63, 3.8) is 0 Å². The summed E-state index contributed by atoms with van der Waals surface area (Å²) < 4.78 is 53.0. The van der Waals surface area contributed by atoms with E-state index in [4.69, 9.17) is 9.47 Å². The van der Waals surface area contributed by atoms with Crippen molar-refractivity contribution in [2.45, 2.75) is 94.3 Å². The molecular weight excluding hydrogens is 734 g/mol. The van der Waals surface area contributed by atoms with E-state index in [1.807, 2.05) is 4.72 Å². The van der Waals surface area contributed by atoms with Gasteiger partial charge in [-0.2, -0.15) is 4.80 Å². The molecule has 1 heterocycles. The molecule has 55 heavy (non-hydrogen) atoms. The van der Waals surface area contributed by atoms with Gasteiger partial charge in [-0.15, -0.1) is 16.8 Å². The molecule has 2 unspecified atom stereocenters. The highest BCUT2D eigenvalue weighted by molar-refractivity contribution is 7.90. The van der Waals surface area contributed by atoms with Gasteiger partial charge in [-0.25, -0.2) is 22.3 Å². The van der Waals surface area contributed by atoms with Crippen molar-refractivity contribution in [1.29, 1.82) is 0 Å². The molecule has 3 saturated carbocycles. The Morgan fingerprint density at radius 2 is 1.80 bits per heavy atom. The second-order valence-electron chi connectivity index (χ2n) is 15.6.